The van der Waals surface area contributed by atoms with Crippen molar-refractivity contribution < 1.29 is 9.47 Å². The molecule has 0 bridgehead atoms. The molecule has 1 saturated heterocycles. The predicted molar refractivity (Wildman–Crippen MR) is 107 cm³/mol. The summed E-state index contributed by atoms with van der Waals surface area (Å²) in [5.74, 6) is 1.65. The number of benzene rings is 1. The normalized spacial score (nSPS) is 16.6. The molecule has 0 saturated carbocycles. The van der Waals surface area contributed by atoms with Gasteiger partial charge in [-0.3, -0.25) is 0 Å². The van der Waals surface area contributed by atoms with E-state index in [1.54, 1.807) is 12.5 Å². The highest BCUT2D eigenvalue weighted by Crippen LogP contribution is 2.24. The van der Waals surface area contributed by atoms with Gasteiger partial charge in [-0.2, -0.15) is 0 Å². The Kier molecular flexibility index (Phi) is 6.14. The van der Waals surface area contributed by atoms with E-state index in [9.17, 15) is 0 Å². The van der Waals surface area contributed by atoms with Crippen LogP contribution >= 0.6 is 0 Å². The quantitative estimate of drug-likeness (QED) is 0.601. The summed E-state index contributed by atoms with van der Waals surface area (Å²) in [6.45, 7) is 2.54. The zero-order valence-corrected chi connectivity index (χ0v) is 15.8. The van der Waals surface area contributed by atoms with Crippen LogP contribution in [0.2, 0.25) is 0 Å². The second kappa shape index (κ2) is 9.32. The average Bonchev–Trinajstić information content (AvgIpc) is 3.26. The SMILES string of the molecule is c1cn(CCCNc2cc(-c3ccc(OC4CCCCO4)cc3)ncn2)cn1. The third kappa shape index (κ3) is 5.07. The molecule has 1 unspecified atom stereocenters. The molecule has 0 aliphatic carbocycles. The Morgan fingerprint density at radius 1 is 1.18 bits per heavy atom. The van der Waals surface area contributed by atoms with Gasteiger partial charge in [0.15, 0.2) is 6.29 Å². The van der Waals surface area contributed by atoms with Crippen LogP contribution in [0.3, 0.4) is 0 Å². The Morgan fingerprint density at radius 3 is 2.89 bits per heavy atom. The van der Waals surface area contributed by atoms with E-state index in [0.717, 1.165) is 68.2 Å². The van der Waals surface area contributed by atoms with Gasteiger partial charge < -0.3 is 19.4 Å². The number of imidazole rings is 1. The Labute approximate surface area is 164 Å². The summed E-state index contributed by atoms with van der Waals surface area (Å²) < 4.78 is 13.6. The summed E-state index contributed by atoms with van der Waals surface area (Å²) in [6.07, 6.45) is 11.3. The fourth-order valence-corrected chi connectivity index (χ4v) is 3.17. The highest BCUT2D eigenvalue weighted by Gasteiger charge is 2.15. The molecule has 0 spiro atoms. The van der Waals surface area contributed by atoms with Crippen LogP contribution in [0.15, 0.2) is 55.4 Å². The molecule has 1 fully saturated rings. The molecule has 7 nitrogen and oxygen atoms in total. The van der Waals surface area contributed by atoms with Gasteiger partial charge in [-0.1, -0.05) is 0 Å². The summed E-state index contributed by atoms with van der Waals surface area (Å²) in [5, 5.41) is 3.36. The zero-order chi connectivity index (χ0) is 19.0. The first-order valence-electron chi connectivity index (χ1n) is 9.77. The van der Waals surface area contributed by atoms with Gasteiger partial charge >= 0.3 is 0 Å². The van der Waals surface area contributed by atoms with Crippen molar-refractivity contribution in [1.29, 1.82) is 0 Å². The minimum atomic E-state index is -0.128. The summed E-state index contributed by atoms with van der Waals surface area (Å²) in [7, 11) is 0. The first-order chi connectivity index (χ1) is 13.9. The van der Waals surface area contributed by atoms with Gasteiger partial charge in [-0.25, -0.2) is 15.0 Å². The van der Waals surface area contributed by atoms with Crippen LogP contribution in [-0.2, 0) is 11.3 Å². The molecule has 1 aliphatic heterocycles. The zero-order valence-electron chi connectivity index (χ0n) is 15.8. The van der Waals surface area contributed by atoms with Crippen LogP contribution < -0.4 is 10.1 Å². The minimum Gasteiger partial charge on any atom is -0.465 e. The number of hydrogen-bond donors (Lipinski definition) is 1. The van der Waals surface area contributed by atoms with Gasteiger partial charge in [0.05, 0.1) is 18.6 Å². The van der Waals surface area contributed by atoms with Crippen molar-refractivity contribution in [2.24, 2.45) is 0 Å². The van der Waals surface area contributed by atoms with Crippen molar-refractivity contribution in [3.8, 4) is 17.0 Å². The monoisotopic (exact) mass is 379 g/mol. The van der Waals surface area contributed by atoms with Crippen LogP contribution in [-0.4, -0.2) is 39.0 Å². The van der Waals surface area contributed by atoms with E-state index in [-0.39, 0.29) is 6.29 Å². The van der Waals surface area contributed by atoms with Crippen LogP contribution in [0.5, 0.6) is 5.75 Å². The average molecular weight is 379 g/mol. The smallest absolute Gasteiger partial charge is 0.199 e. The Balaban J connectivity index is 1.31. The second-order valence-electron chi connectivity index (χ2n) is 6.81. The van der Waals surface area contributed by atoms with E-state index >= 15 is 0 Å². The fourth-order valence-electron chi connectivity index (χ4n) is 3.17. The molecule has 1 aromatic carbocycles. The predicted octanol–water partition coefficient (Wildman–Crippen LogP) is 3.75. The molecule has 0 amide bonds. The summed E-state index contributed by atoms with van der Waals surface area (Å²) >= 11 is 0. The van der Waals surface area contributed by atoms with E-state index in [4.69, 9.17) is 9.47 Å². The highest BCUT2D eigenvalue weighted by molar-refractivity contribution is 5.62. The fraction of sp³-hybridized carbons (Fsp3) is 0.381. The molecule has 1 N–H and O–H groups in total. The Hall–Kier alpha value is -2.93. The van der Waals surface area contributed by atoms with E-state index < -0.39 is 0 Å². The van der Waals surface area contributed by atoms with Gasteiger partial charge in [0, 0.05) is 43.5 Å². The number of nitrogens with one attached hydrogen (secondary N) is 1. The molecule has 28 heavy (non-hydrogen) atoms. The van der Waals surface area contributed by atoms with Crippen LogP contribution in [0.1, 0.15) is 25.7 Å². The van der Waals surface area contributed by atoms with Crippen molar-refractivity contribution in [2.45, 2.75) is 38.5 Å². The Morgan fingerprint density at radius 2 is 2.11 bits per heavy atom. The lowest BCUT2D eigenvalue weighted by atomic mass is 10.1. The summed E-state index contributed by atoms with van der Waals surface area (Å²) in [6, 6.07) is 9.94. The van der Waals surface area contributed by atoms with Gasteiger partial charge in [0.1, 0.15) is 17.9 Å². The molecule has 1 aliphatic rings. The standard InChI is InChI=1S/C21H25N5O2/c1-2-13-27-21(4-1)28-18-7-5-17(6-8-18)19-14-20(25-15-24-19)23-9-3-11-26-12-10-22-16-26/h5-8,10,12,14-16,21H,1-4,9,11,13H2,(H,23,24,25). The van der Waals surface area contributed by atoms with Crippen LogP contribution in [0.25, 0.3) is 11.3 Å². The lowest BCUT2D eigenvalue weighted by Gasteiger charge is -2.23. The molecule has 4 rings (SSSR count). The van der Waals surface area contributed by atoms with Crippen molar-refractivity contribution in [1.82, 2.24) is 19.5 Å². The van der Waals surface area contributed by atoms with E-state index in [0.29, 0.717) is 0 Å². The van der Waals surface area contributed by atoms with Gasteiger partial charge in [0.2, 0.25) is 0 Å². The maximum Gasteiger partial charge on any atom is 0.199 e. The van der Waals surface area contributed by atoms with E-state index in [1.807, 2.05) is 42.9 Å². The maximum absolute atomic E-state index is 5.89. The third-order valence-electron chi connectivity index (χ3n) is 4.68. The van der Waals surface area contributed by atoms with Crippen molar-refractivity contribution in [3.63, 3.8) is 0 Å². The van der Waals surface area contributed by atoms with Gasteiger partial charge in [-0.05, 0) is 43.5 Å². The number of rotatable bonds is 8. The summed E-state index contributed by atoms with van der Waals surface area (Å²) in [4.78, 5) is 12.8. The third-order valence-corrected chi connectivity index (χ3v) is 4.68. The highest BCUT2D eigenvalue weighted by atomic mass is 16.7. The molecule has 146 valence electrons. The number of hydrogen-bond acceptors (Lipinski definition) is 6. The van der Waals surface area contributed by atoms with Gasteiger partial charge in [-0.15, -0.1) is 0 Å². The van der Waals surface area contributed by atoms with Crippen LogP contribution in [0.4, 0.5) is 5.82 Å². The van der Waals surface area contributed by atoms with E-state index in [2.05, 4.69) is 24.8 Å². The number of nitrogens with zero attached hydrogens (tertiary/aromatic N) is 4. The topological polar surface area (TPSA) is 74.1 Å². The number of anilines is 1. The maximum atomic E-state index is 5.89. The first kappa shape index (κ1) is 18.4. The molecule has 0 radical (unpaired) electrons. The number of aromatic nitrogens is 4. The molecule has 1 atom stereocenters. The lowest BCUT2D eigenvalue weighted by Crippen LogP contribution is -2.24. The molecular formula is C21H25N5O2. The number of ether oxygens (including phenoxy) is 2. The largest absolute Gasteiger partial charge is 0.465 e. The molecule has 2 aromatic heterocycles. The molecule has 3 aromatic rings. The minimum absolute atomic E-state index is 0.128. The Bertz CT molecular complexity index is 845. The first-order valence-corrected chi connectivity index (χ1v) is 9.77. The molecular weight excluding hydrogens is 354 g/mol. The second-order valence-corrected chi connectivity index (χ2v) is 6.81. The lowest BCUT2D eigenvalue weighted by molar-refractivity contribution is -0.105. The van der Waals surface area contributed by atoms with E-state index in [1.165, 1.54) is 0 Å². The van der Waals surface area contributed by atoms with Crippen molar-refractivity contribution in [3.05, 3.63) is 55.4 Å². The molecule has 7 heteroatoms. The molecule has 3 heterocycles. The van der Waals surface area contributed by atoms with Crippen molar-refractivity contribution >= 4 is 5.82 Å². The van der Waals surface area contributed by atoms with Crippen molar-refractivity contribution in [2.75, 3.05) is 18.5 Å². The van der Waals surface area contributed by atoms with Gasteiger partial charge in [0.25, 0.3) is 0 Å². The number of aryl methyl sites for hydroxylation is 1. The summed E-state index contributed by atoms with van der Waals surface area (Å²) in [5.41, 5.74) is 1.91. The van der Waals surface area contributed by atoms with Crippen LogP contribution in [0, 0.1) is 0 Å².